The maximum absolute atomic E-state index is 12.9. The number of hydrogen-bond donors (Lipinski definition) is 1. The van der Waals surface area contributed by atoms with E-state index in [1.807, 2.05) is 0 Å². The molecule has 3 heterocycles. The molecule has 1 N–H and O–H groups in total. The molecule has 1 atom stereocenters. The van der Waals surface area contributed by atoms with Gasteiger partial charge in [0.05, 0.1) is 11.4 Å². The maximum atomic E-state index is 12.9. The summed E-state index contributed by atoms with van der Waals surface area (Å²) in [5.74, 6) is -0.116. The van der Waals surface area contributed by atoms with Gasteiger partial charge in [-0.15, -0.1) is 0 Å². The zero-order valence-corrected chi connectivity index (χ0v) is 12.4. The van der Waals surface area contributed by atoms with E-state index in [4.69, 9.17) is 0 Å². The molecule has 0 amide bonds. The standard InChI is InChI=1S/C13H16N4O3S/c1-9(18)11-4-2-3-5-17(11)21(19,20)12-7-15-13-10(12)6-14-8-16-13/h6-8,11H,2-5H2,1H3,(H,14,15,16). The van der Waals surface area contributed by atoms with Crippen LogP contribution in [0.4, 0.5) is 0 Å². The normalized spacial score (nSPS) is 20.7. The molecule has 21 heavy (non-hydrogen) atoms. The Morgan fingerprint density at radius 2 is 2.24 bits per heavy atom. The minimum atomic E-state index is -3.74. The number of hydrogen-bond acceptors (Lipinski definition) is 5. The van der Waals surface area contributed by atoms with E-state index in [1.165, 1.54) is 29.9 Å². The van der Waals surface area contributed by atoms with Crippen LogP contribution in [0.2, 0.25) is 0 Å². The van der Waals surface area contributed by atoms with Gasteiger partial charge in [-0.25, -0.2) is 18.4 Å². The second-order valence-corrected chi connectivity index (χ2v) is 7.03. The van der Waals surface area contributed by atoms with Crippen LogP contribution in [-0.4, -0.2) is 46.0 Å². The molecule has 0 bridgehead atoms. The van der Waals surface area contributed by atoms with Gasteiger partial charge in [0.1, 0.15) is 22.7 Å². The fourth-order valence-electron chi connectivity index (χ4n) is 2.78. The molecular weight excluding hydrogens is 292 g/mol. The van der Waals surface area contributed by atoms with E-state index in [0.717, 1.165) is 12.8 Å². The lowest BCUT2D eigenvalue weighted by Crippen LogP contribution is -2.47. The highest BCUT2D eigenvalue weighted by Gasteiger charge is 2.37. The van der Waals surface area contributed by atoms with Crippen LogP contribution in [0.25, 0.3) is 11.0 Å². The quantitative estimate of drug-likeness (QED) is 0.915. The van der Waals surface area contributed by atoms with Gasteiger partial charge in [-0.3, -0.25) is 4.79 Å². The molecule has 1 unspecified atom stereocenters. The van der Waals surface area contributed by atoms with E-state index in [9.17, 15) is 13.2 Å². The number of fused-ring (bicyclic) bond motifs is 1. The maximum Gasteiger partial charge on any atom is 0.245 e. The Morgan fingerprint density at radius 3 is 3.00 bits per heavy atom. The SMILES string of the molecule is CC(=O)C1CCCCN1S(=O)(=O)c1c[nH]c2ncncc12. The van der Waals surface area contributed by atoms with Gasteiger partial charge in [-0.05, 0) is 19.8 Å². The highest BCUT2D eigenvalue weighted by molar-refractivity contribution is 7.89. The molecule has 1 fully saturated rings. The van der Waals surface area contributed by atoms with Crippen molar-refractivity contribution in [1.29, 1.82) is 0 Å². The van der Waals surface area contributed by atoms with Crippen LogP contribution in [0.3, 0.4) is 0 Å². The summed E-state index contributed by atoms with van der Waals surface area (Å²) in [6, 6.07) is -0.571. The van der Waals surface area contributed by atoms with Gasteiger partial charge in [-0.1, -0.05) is 6.42 Å². The predicted molar refractivity (Wildman–Crippen MR) is 76.1 cm³/mol. The van der Waals surface area contributed by atoms with Crippen molar-refractivity contribution in [3.05, 3.63) is 18.7 Å². The van der Waals surface area contributed by atoms with Crippen molar-refractivity contribution < 1.29 is 13.2 Å². The number of rotatable bonds is 3. The summed E-state index contributed by atoms with van der Waals surface area (Å²) in [4.78, 5) is 22.6. The van der Waals surface area contributed by atoms with Crippen LogP contribution in [-0.2, 0) is 14.8 Å². The molecule has 1 aliphatic heterocycles. The van der Waals surface area contributed by atoms with Crippen LogP contribution in [0, 0.1) is 0 Å². The molecule has 3 rings (SSSR count). The molecule has 0 saturated carbocycles. The molecule has 2 aromatic heterocycles. The molecule has 112 valence electrons. The van der Waals surface area contributed by atoms with E-state index in [1.54, 1.807) is 0 Å². The number of H-pyrrole nitrogens is 1. The lowest BCUT2D eigenvalue weighted by Gasteiger charge is -2.32. The van der Waals surface area contributed by atoms with Crippen LogP contribution < -0.4 is 0 Å². The molecule has 7 nitrogen and oxygen atoms in total. The van der Waals surface area contributed by atoms with E-state index in [2.05, 4.69) is 15.0 Å². The number of piperidine rings is 1. The summed E-state index contributed by atoms with van der Waals surface area (Å²) in [6.07, 6.45) is 6.45. The van der Waals surface area contributed by atoms with Gasteiger partial charge >= 0.3 is 0 Å². The first kappa shape index (κ1) is 14.2. The summed E-state index contributed by atoms with van der Waals surface area (Å²) in [5.41, 5.74) is 0.472. The van der Waals surface area contributed by atoms with Gasteiger partial charge in [0, 0.05) is 18.9 Å². The molecule has 8 heteroatoms. The number of aromatic amines is 1. The van der Waals surface area contributed by atoms with E-state index >= 15 is 0 Å². The Labute approximate surface area is 122 Å². The Balaban J connectivity index is 2.09. The topological polar surface area (TPSA) is 96.0 Å². The third kappa shape index (κ3) is 2.34. The van der Waals surface area contributed by atoms with Gasteiger partial charge in [0.2, 0.25) is 10.0 Å². The minimum absolute atomic E-state index is 0.116. The van der Waals surface area contributed by atoms with E-state index in [-0.39, 0.29) is 10.7 Å². The van der Waals surface area contributed by atoms with E-state index < -0.39 is 16.1 Å². The second-order valence-electron chi connectivity index (χ2n) is 5.18. The zero-order chi connectivity index (χ0) is 15.0. The van der Waals surface area contributed by atoms with Gasteiger partial charge < -0.3 is 4.98 Å². The Kier molecular flexibility index (Phi) is 3.50. The first-order valence-electron chi connectivity index (χ1n) is 6.81. The Bertz CT molecular complexity index is 784. The summed E-state index contributed by atoms with van der Waals surface area (Å²) < 4.78 is 27.1. The van der Waals surface area contributed by atoms with Crippen LogP contribution >= 0.6 is 0 Å². The fraction of sp³-hybridized carbons (Fsp3) is 0.462. The fourth-order valence-corrected chi connectivity index (χ4v) is 4.62. The average Bonchev–Trinajstić information content (AvgIpc) is 2.92. The van der Waals surface area contributed by atoms with Crippen molar-refractivity contribution >= 4 is 26.8 Å². The van der Waals surface area contributed by atoms with Crippen molar-refractivity contribution in [3.8, 4) is 0 Å². The largest absolute Gasteiger partial charge is 0.345 e. The summed E-state index contributed by atoms with van der Waals surface area (Å²) in [7, 11) is -3.74. The number of sulfonamides is 1. The third-order valence-electron chi connectivity index (χ3n) is 3.83. The molecule has 0 radical (unpaired) electrons. The number of carbonyl (C=O) groups is 1. The molecule has 2 aromatic rings. The minimum Gasteiger partial charge on any atom is -0.345 e. The molecule has 1 saturated heterocycles. The Hall–Kier alpha value is -1.80. The Morgan fingerprint density at radius 1 is 1.43 bits per heavy atom. The van der Waals surface area contributed by atoms with Crippen molar-refractivity contribution in [1.82, 2.24) is 19.3 Å². The van der Waals surface area contributed by atoms with Crippen molar-refractivity contribution in [2.24, 2.45) is 0 Å². The van der Waals surface area contributed by atoms with Gasteiger partial charge in [0.25, 0.3) is 0 Å². The van der Waals surface area contributed by atoms with Crippen molar-refractivity contribution in [2.45, 2.75) is 37.1 Å². The number of Topliss-reactive ketones (excluding diaryl/α,β-unsaturated/α-hetero) is 1. The number of ketones is 1. The molecule has 0 spiro atoms. The average molecular weight is 308 g/mol. The van der Waals surface area contributed by atoms with Crippen LogP contribution in [0.5, 0.6) is 0 Å². The predicted octanol–water partition coefficient (Wildman–Crippen LogP) is 1.09. The number of nitrogens with zero attached hydrogens (tertiary/aromatic N) is 3. The third-order valence-corrected chi connectivity index (χ3v) is 5.78. The van der Waals surface area contributed by atoms with Gasteiger partial charge in [-0.2, -0.15) is 4.31 Å². The number of nitrogens with one attached hydrogen (secondary N) is 1. The van der Waals surface area contributed by atoms with Crippen LogP contribution in [0.1, 0.15) is 26.2 Å². The van der Waals surface area contributed by atoms with Gasteiger partial charge in [0.15, 0.2) is 0 Å². The zero-order valence-electron chi connectivity index (χ0n) is 11.6. The first-order chi connectivity index (χ1) is 10.0. The number of aromatic nitrogens is 3. The molecular formula is C13H16N4O3S. The molecule has 1 aliphatic rings. The highest BCUT2D eigenvalue weighted by atomic mass is 32.2. The summed E-state index contributed by atoms with van der Waals surface area (Å²) in [5, 5.41) is 0.449. The lowest BCUT2D eigenvalue weighted by atomic mass is 10.0. The van der Waals surface area contributed by atoms with Crippen molar-refractivity contribution in [3.63, 3.8) is 0 Å². The smallest absolute Gasteiger partial charge is 0.245 e. The summed E-state index contributed by atoms with van der Waals surface area (Å²) in [6.45, 7) is 1.81. The van der Waals surface area contributed by atoms with Crippen LogP contribution in [0.15, 0.2) is 23.6 Å². The van der Waals surface area contributed by atoms with E-state index in [0.29, 0.717) is 24.0 Å². The number of carbonyl (C=O) groups excluding carboxylic acids is 1. The van der Waals surface area contributed by atoms with Crippen molar-refractivity contribution in [2.75, 3.05) is 6.54 Å². The second kappa shape index (κ2) is 5.19. The molecule has 0 aliphatic carbocycles. The highest BCUT2D eigenvalue weighted by Crippen LogP contribution is 2.29. The lowest BCUT2D eigenvalue weighted by molar-refractivity contribution is -0.121. The monoisotopic (exact) mass is 308 g/mol. The summed E-state index contributed by atoms with van der Waals surface area (Å²) >= 11 is 0. The first-order valence-corrected chi connectivity index (χ1v) is 8.25. The molecule has 0 aromatic carbocycles.